The summed E-state index contributed by atoms with van der Waals surface area (Å²) in [5.74, 6) is 0.975. The molecule has 2 rings (SSSR count). The number of hydrogen-bond donors (Lipinski definition) is 1. The van der Waals surface area contributed by atoms with Gasteiger partial charge in [-0.2, -0.15) is 0 Å². The van der Waals surface area contributed by atoms with E-state index < -0.39 is 0 Å². The van der Waals surface area contributed by atoms with E-state index in [1.807, 2.05) is 0 Å². The van der Waals surface area contributed by atoms with E-state index in [0.717, 1.165) is 31.5 Å². The Kier molecular flexibility index (Phi) is 6.52. The molecule has 1 aromatic rings. The molecule has 0 aliphatic heterocycles. The van der Waals surface area contributed by atoms with Crippen molar-refractivity contribution < 1.29 is 4.74 Å². The molecule has 1 aromatic carbocycles. The molecule has 0 spiro atoms. The van der Waals surface area contributed by atoms with Crippen molar-refractivity contribution in [2.75, 3.05) is 20.2 Å². The summed E-state index contributed by atoms with van der Waals surface area (Å²) in [6, 6.07) is 9.93. The summed E-state index contributed by atoms with van der Waals surface area (Å²) in [4.78, 5) is 2.40. The standard InChI is InChI=1S/C18H30N2O/c1-4-17(5-2)20(3)12-13-21-18-10-6-15(7-11-18)14-19-16-8-9-16/h6-7,10-11,16-17,19H,4-5,8-9,12-14H2,1-3H3. The summed E-state index contributed by atoms with van der Waals surface area (Å²) in [7, 11) is 2.19. The smallest absolute Gasteiger partial charge is 0.119 e. The summed E-state index contributed by atoms with van der Waals surface area (Å²) in [5, 5.41) is 3.53. The van der Waals surface area contributed by atoms with E-state index in [1.54, 1.807) is 0 Å². The second kappa shape index (κ2) is 8.40. The third-order valence-electron chi connectivity index (χ3n) is 4.37. The molecule has 0 unspecified atom stereocenters. The lowest BCUT2D eigenvalue weighted by atomic mass is 10.1. The lowest BCUT2D eigenvalue weighted by Gasteiger charge is -2.25. The van der Waals surface area contributed by atoms with Crippen LogP contribution in [0.3, 0.4) is 0 Å². The van der Waals surface area contributed by atoms with Crippen LogP contribution in [-0.2, 0) is 6.54 Å². The van der Waals surface area contributed by atoms with Gasteiger partial charge in [-0.25, -0.2) is 0 Å². The molecule has 3 heteroatoms. The highest BCUT2D eigenvalue weighted by Crippen LogP contribution is 2.20. The van der Waals surface area contributed by atoms with Gasteiger partial charge in [0.1, 0.15) is 12.4 Å². The molecule has 118 valence electrons. The minimum atomic E-state index is 0.671. The Hall–Kier alpha value is -1.06. The fraction of sp³-hybridized carbons (Fsp3) is 0.667. The molecular formula is C18H30N2O. The average molecular weight is 290 g/mol. The normalized spacial score (nSPS) is 14.9. The zero-order valence-electron chi connectivity index (χ0n) is 13.8. The zero-order valence-corrected chi connectivity index (χ0v) is 13.8. The van der Waals surface area contributed by atoms with Crippen LogP contribution in [0.25, 0.3) is 0 Å². The van der Waals surface area contributed by atoms with Gasteiger partial charge in [-0.15, -0.1) is 0 Å². The largest absolute Gasteiger partial charge is 0.492 e. The van der Waals surface area contributed by atoms with Crippen LogP contribution < -0.4 is 10.1 Å². The topological polar surface area (TPSA) is 24.5 Å². The average Bonchev–Trinajstić information content (AvgIpc) is 3.32. The van der Waals surface area contributed by atoms with Crippen LogP contribution in [0.2, 0.25) is 0 Å². The molecule has 1 aliphatic rings. The lowest BCUT2D eigenvalue weighted by Crippen LogP contribution is -2.33. The molecule has 0 atom stereocenters. The minimum Gasteiger partial charge on any atom is -0.492 e. The van der Waals surface area contributed by atoms with E-state index in [0.29, 0.717) is 6.04 Å². The van der Waals surface area contributed by atoms with Crippen molar-refractivity contribution in [3.8, 4) is 5.75 Å². The van der Waals surface area contributed by atoms with Crippen molar-refractivity contribution in [2.45, 2.75) is 58.2 Å². The van der Waals surface area contributed by atoms with Gasteiger partial charge in [0, 0.05) is 25.2 Å². The number of nitrogens with zero attached hydrogens (tertiary/aromatic N) is 1. The van der Waals surface area contributed by atoms with Gasteiger partial charge in [-0.05, 0) is 50.4 Å². The fourth-order valence-electron chi connectivity index (χ4n) is 2.66. The van der Waals surface area contributed by atoms with Gasteiger partial charge in [-0.1, -0.05) is 26.0 Å². The molecule has 0 radical (unpaired) electrons. The number of benzene rings is 1. The number of ether oxygens (including phenoxy) is 1. The van der Waals surface area contributed by atoms with Crippen LogP contribution in [0.1, 0.15) is 45.1 Å². The SMILES string of the molecule is CCC(CC)N(C)CCOc1ccc(CNC2CC2)cc1. The Morgan fingerprint density at radius 3 is 2.43 bits per heavy atom. The summed E-state index contributed by atoms with van der Waals surface area (Å²) < 4.78 is 5.85. The van der Waals surface area contributed by atoms with Gasteiger partial charge < -0.3 is 15.0 Å². The van der Waals surface area contributed by atoms with E-state index in [4.69, 9.17) is 4.74 Å². The summed E-state index contributed by atoms with van der Waals surface area (Å²) in [6.45, 7) is 7.21. The second-order valence-corrected chi connectivity index (χ2v) is 6.10. The molecule has 0 heterocycles. The van der Waals surface area contributed by atoms with Gasteiger partial charge in [0.15, 0.2) is 0 Å². The van der Waals surface area contributed by atoms with Crippen molar-refractivity contribution in [3.63, 3.8) is 0 Å². The van der Waals surface area contributed by atoms with Crippen molar-refractivity contribution in [3.05, 3.63) is 29.8 Å². The Labute approximate surface area is 129 Å². The highest BCUT2D eigenvalue weighted by Gasteiger charge is 2.19. The Morgan fingerprint density at radius 2 is 1.86 bits per heavy atom. The van der Waals surface area contributed by atoms with Crippen molar-refractivity contribution >= 4 is 0 Å². The first kappa shape index (κ1) is 16.3. The van der Waals surface area contributed by atoms with Crippen LogP contribution >= 0.6 is 0 Å². The van der Waals surface area contributed by atoms with Gasteiger partial charge in [0.2, 0.25) is 0 Å². The van der Waals surface area contributed by atoms with Crippen molar-refractivity contribution in [2.24, 2.45) is 0 Å². The molecule has 1 saturated carbocycles. The number of hydrogen-bond acceptors (Lipinski definition) is 3. The fourth-order valence-corrected chi connectivity index (χ4v) is 2.66. The number of nitrogens with one attached hydrogen (secondary N) is 1. The zero-order chi connectivity index (χ0) is 15.1. The maximum atomic E-state index is 5.85. The third kappa shape index (κ3) is 5.68. The van der Waals surface area contributed by atoms with Gasteiger partial charge in [-0.3, -0.25) is 0 Å². The first-order chi connectivity index (χ1) is 10.2. The highest BCUT2D eigenvalue weighted by atomic mass is 16.5. The number of likely N-dealkylation sites (N-methyl/N-ethyl adjacent to an activating group) is 1. The van der Waals surface area contributed by atoms with Crippen LogP contribution in [0, 0.1) is 0 Å². The van der Waals surface area contributed by atoms with E-state index >= 15 is 0 Å². The first-order valence-corrected chi connectivity index (χ1v) is 8.38. The van der Waals surface area contributed by atoms with Gasteiger partial charge >= 0.3 is 0 Å². The predicted octanol–water partition coefficient (Wildman–Crippen LogP) is 3.44. The second-order valence-electron chi connectivity index (χ2n) is 6.10. The van der Waals surface area contributed by atoms with Gasteiger partial charge in [0.05, 0.1) is 0 Å². The molecule has 3 nitrogen and oxygen atoms in total. The molecule has 0 saturated heterocycles. The maximum absolute atomic E-state index is 5.85. The molecule has 21 heavy (non-hydrogen) atoms. The minimum absolute atomic E-state index is 0.671. The molecule has 0 amide bonds. The quantitative estimate of drug-likeness (QED) is 0.714. The van der Waals surface area contributed by atoms with E-state index in [9.17, 15) is 0 Å². The van der Waals surface area contributed by atoms with E-state index in [2.05, 4.69) is 55.4 Å². The molecule has 1 fully saturated rings. The van der Waals surface area contributed by atoms with Crippen LogP contribution in [-0.4, -0.2) is 37.2 Å². The summed E-state index contributed by atoms with van der Waals surface area (Å²) in [6.07, 6.45) is 5.09. The first-order valence-electron chi connectivity index (χ1n) is 8.38. The Balaban J connectivity index is 1.67. The Bertz CT molecular complexity index is 396. The molecular weight excluding hydrogens is 260 g/mol. The number of rotatable bonds is 10. The van der Waals surface area contributed by atoms with Gasteiger partial charge in [0.25, 0.3) is 0 Å². The van der Waals surface area contributed by atoms with Crippen LogP contribution in [0.15, 0.2) is 24.3 Å². The molecule has 1 N–H and O–H groups in total. The van der Waals surface area contributed by atoms with Crippen LogP contribution in [0.5, 0.6) is 5.75 Å². The monoisotopic (exact) mass is 290 g/mol. The van der Waals surface area contributed by atoms with E-state index in [1.165, 1.54) is 31.2 Å². The third-order valence-corrected chi connectivity index (χ3v) is 4.37. The lowest BCUT2D eigenvalue weighted by molar-refractivity contribution is 0.183. The van der Waals surface area contributed by atoms with E-state index in [-0.39, 0.29) is 0 Å². The highest BCUT2D eigenvalue weighted by molar-refractivity contribution is 5.27. The van der Waals surface area contributed by atoms with Crippen LogP contribution in [0.4, 0.5) is 0 Å². The maximum Gasteiger partial charge on any atom is 0.119 e. The summed E-state index contributed by atoms with van der Waals surface area (Å²) in [5.41, 5.74) is 1.34. The molecule has 0 aromatic heterocycles. The molecule has 0 bridgehead atoms. The van der Waals surface area contributed by atoms with Crippen molar-refractivity contribution in [1.82, 2.24) is 10.2 Å². The summed E-state index contributed by atoms with van der Waals surface area (Å²) >= 11 is 0. The molecule has 1 aliphatic carbocycles. The Morgan fingerprint density at radius 1 is 1.19 bits per heavy atom. The van der Waals surface area contributed by atoms with Crippen molar-refractivity contribution in [1.29, 1.82) is 0 Å². The predicted molar refractivity (Wildman–Crippen MR) is 88.8 cm³/mol.